The van der Waals surface area contributed by atoms with Crippen molar-refractivity contribution in [1.82, 2.24) is 19.1 Å². The van der Waals surface area contributed by atoms with E-state index < -0.39 is 19.3 Å². The molecule has 0 radical (unpaired) electrons. The second-order valence-corrected chi connectivity index (χ2v) is 9.27. The number of morpholine rings is 1. The monoisotopic (exact) mass is 463 g/mol. The lowest BCUT2D eigenvalue weighted by Gasteiger charge is -2.35. The van der Waals surface area contributed by atoms with Crippen molar-refractivity contribution in [2.75, 3.05) is 31.3 Å². The molecule has 5 rings (SSSR count). The van der Waals surface area contributed by atoms with E-state index >= 15 is 0 Å². The van der Waals surface area contributed by atoms with Gasteiger partial charge in [0.15, 0.2) is 6.23 Å². The third kappa shape index (κ3) is 3.91. The average molecular weight is 464 g/mol. The third-order valence-electron chi connectivity index (χ3n) is 5.99. The fourth-order valence-electron chi connectivity index (χ4n) is 4.39. The molecule has 2 aliphatic heterocycles. The molecule has 1 N–H and O–H groups in total. The van der Waals surface area contributed by atoms with Crippen LogP contribution in [0.15, 0.2) is 12.1 Å². The highest BCUT2D eigenvalue weighted by molar-refractivity contribution is 7.13. The minimum absolute atomic E-state index is 0.103. The molecule has 0 aliphatic carbocycles. The zero-order valence-electron chi connectivity index (χ0n) is 24.2. The van der Waals surface area contributed by atoms with Gasteiger partial charge < -0.3 is 19.5 Å². The van der Waals surface area contributed by atoms with Gasteiger partial charge in [-0.1, -0.05) is 0 Å². The van der Waals surface area contributed by atoms with Gasteiger partial charge in [0.05, 0.1) is 40.9 Å². The molecule has 0 amide bonds. The Hall–Kier alpha value is -2.07. The van der Waals surface area contributed by atoms with E-state index in [1.54, 1.807) is 4.68 Å². The second kappa shape index (κ2) is 8.37. The topological polar surface area (TPSA) is 85.5 Å². The number of nitrogens with zero attached hydrogens (tertiary/aromatic N) is 5. The summed E-state index contributed by atoms with van der Waals surface area (Å²) in [6.07, 6.45) is 2.46. The first-order valence-electron chi connectivity index (χ1n) is 13.9. The van der Waals surface area contributed by atoms with Crippen LogP contribution in [0.25, 0.3) is 21.6 Å². The standard InChI is InChI=1S/C23H31N5O3S/c1-14-11-17(28(25-14)19-7-5-6-9-31-19)20-21-22(32-26-20)16(23(3,4)29)12-18(24-21)27-8-10-30-13-15(27)2/h11-12,15,19,29H,5-10,13H2,1-4H3/t15-,19?/m1/s1/i3D3,4D3. The molecular formula is C23H31N5O3S. The van der Waals surface area contributed by atoms with Gasteiger partial charge in [-0.15, -0.1) is 0 Å². The van der Waals surface area contributed by atoms with Crippen LogP contribution in [-0.4, -0.2) is 56.7 Å². The second-order valence-electron chi connectivity index (χ2n) is 8.50. The first-order valence-corrected chi connectivity index (χ1v) is 11.7. The fourth-order valence-corrected chi connectivity index (χ4v) is 5.28. The number of hydrogen-bond donors (Lipinski definition) is 1. The Kier molecular flexibility index (Phi) is 4.11. The van der Waals surface area contributed by atoms with Crippen LogP contribution in [0.2, 0.25) is 0 Å². The first-order chi connectivity index (χ1) is 17.8. The van der Waals surface area contributed by atoms with Crippen LogP contribution in [0.5, 0.6) is 0 Å². The maximum Gasteiger partial charge on any atom is 0.150 e. The molecule has 0 aromatic carbocycles. The van der Waals surface area contributed by atoms with Crippen LogP contribution in [0.4, 0.5) is 5.82 Å². The Balaban J connectivity index is 1.78. The van der Waals surface area contributed by atoms with E-state index in [-0.39, 0.29) is 22.5 Å². The van der Waals surface area contributed by atoms with E-state index in [4.69, 9.17) is 22.7 Å². The maximum atomic E-state index is 11.5. The molecule has 1 unspecified atom stereocenters. The van der Waals surface area contributed by atoms with Gasteiger partial charge in [0.2, 0.25) is 0 Å². The number of fused-ring (bicyclic) bond motifs is 1. The van der Waals surface area contributed by atoms with Gasteiger partial charge in [-0.25, -0.2) is 9.67 Å². The number of aromatic nitrogens is 4. The molecule has 5 heterocycles. The van der Waals surface area contributed by atoms with Crippen LogP contribution in [0.3, 0.4) is 0 Å². The molecular weight excluding hydrogens is 426 g/mol. The Morgan fingerprint density at radius 1 is 1.28 bits per heavy atom. The number of hydrogen-bond acceptors (Lipinski definition) is 8. The largest absolute Gasteiger partial charge is 0.386 e. The Labute approximate surface area is 200 Å². The predicted octanol–water partition coefficient (Wildman–Crippen LogP) is 4.01. The lowest BCUT2D eigenvalue weighted by atomic mass is 9.98. The van der Waals surface area contributed by atoms with Crippen molar-refractivity contribution in [3.63, 3.8) is 0 Å². The van der Waals surface area contributed by atoms with Gasteiger partial charge in [0.1, 0.15) is 17.0 Å². The predicted molar refractivity (Wildman–Crippen MR) is 125 cm³/mol. The minimum atomic E-state index is -3.25. The highest BCUT2D eigenvalue weighted by Gasteiger charge is 2.30. The molecule has 9 heteroatoms. The lowest BCUT2D eigenvalue weighted by molar-refractivity contribution is -0.0385. The smallest absolute Gasteiger partial charge is 0.150 e. The van der Waals surface area contributed by atoms with Gasteiger partial charge in [-0.2, -0.15) is 9.47 Å². The molecule has 2 saturated heterocycles. The average Bonchev–Trinajstić information content (AvgIpc) is 3.45. The van der Waals surface area contributed by atoms with Crippen molar-refractivity contribution in [3.8, 4) is 11.4 Å². The maximum absolute atomic E-state index is 11.5. The summed E-state index contributed by atoms with van der Waals surface area (Å²) in [5.41, 5.74) is -1.26. The molecule has 8 nitrogen and oxygen atoms in total. The Bertz CT molecular complexity index is 1300. The van der Waals surface area contributed by atoms with Crippen molar-refractivity contribution in [2.24, 2.45) is 0 Å². The molecule has 0 spiro atoms. The highest BCUT2D eigenvalue weighted by Crippen LogP contribution is 2.40. The highest BCUT2D eigenvalue weighted by atomic mass is 32.1. The Morgan fingerprint density at radius 3 is 2.91 bits per heavy atom. The quantitative estimate of drug-likeness (QED) is 0.625. The molecule has 3 aromatic rings. The summed E-state index contributed by atoms with van der Waals surface area (Å²) in [6, 6.07) is 3.14. The van der Waals surface area contributed by atoms with E-state index in [1.807, 2.05) is 24.8 Å². The number of ether oxygens (including phenoxy) is 2. The van der Waals surface area contributed by atoms with Crippen molar-refractivity contribution in [2.45, 2.75) is 64.7 Å². The summed E-state index contributed by atoms with van der Waals surface area (Å²) in [5.74, 6) is 0.355. The van der Waals surface area contributed by atoms with Crippen molar-refractivity contribution in [3.05, 3.63) is 23.4 Å². The van der Waals surface area contributed by atoms with E-state index in [2.05, 4.69) is 9.47 Å². The summed E-state index contributed by atoms with van der Waals surface area (Å²) in [7, 11) is 0. The van der Waals surface area contributed by atoms with Gasteiger partial charge in [0, 0.05) is 26.9 Å². The normalized spacial score (nSPS) is 26.2. The molecule has 0 saturated carbocycles. The van der Waals surface area contributed by atoms with E-state index in [0.29, 0.717) is 49.1 Å². The van der Waals surface area contributed by atoms with Crippen molar-refractivity contribution in [1.29, 1.82) is 0 Å². The summed E-state index contributed by atoms with van der Waals surface area (Å²) in [5, 5.41) is 16.2. The summed E-state index contributed by atoms with van der Waals surface area (Å²) >= 11 is 0.918. The van der Waals surface area contributed by atoms with Crippen LogP contribution >= 0.6 is 11.5 Å². The van der Waals surface area contributed by atoms with Crippen LogP contribution < -0.4 is 4.90 Å². The lowest BCUT2D eigenvalue weighted by Crippen LogP contribution is -2.44. The van der Waals surface area contributed by atoms with Gasteiger partial charge >= 0.3 is 0 Å². The number of aliphatic hydroxyl groups is 1. The number of anilines is 1. The summed E-state index contributed by atoms with van der Waals surface area (Å²) < 4.78 is 66.6. The zero-order chi connectivity index (χ0) is 27.5. The van der Waals surface area contributed by atoms with E-state index in [0.717, 1.165) is 36.5 Å². The molecule has 172 valence electrons. The summed E-state index contributed by atoms with van der Waals surface area (Å²) in [4.78, 5) is 6.81. The molecule has 2 atom stereocenters. The van der Waals surface area contributed by atoms with Gasteiger partial charge in [0.25, 0.3) is 0 Å². The molecule has 2 aliphatic rings. The van der Waals surface area contributed by atoms with Gasteiger partial charge in [-0.05, 0) is 70.5 Å². The SMILES string of the molecule is [2H]C([2H])([2H])C(O)(c1cc(N2CCOC[C@H]2C)nc2c(-c3cc(C)nn3C3CCCCO3)nsc12)C([2H])([2H])[2H]. The number of rotatable bonds is 4. The van der Waals surface area contributed by atoms with Crippen molar-refractivity contribution < 1.29 is 22.8 Å². The zero-order valence-corrected chi connectivity index (χ0v) is 19.0. The van der Waals surface area contributed by atoms with Crippen LogP contribution in [-0.2, 0) is 15.1 Å². The molecule has 0 bridgehead atoms. The first kappa shape index (κ1) is 15.7. The van der Waals surface area contributed by atoms with Crippen LogP contribution in [0, 0.1) is 6.92 Å². The number of aryl methyl sites for hydroxylation is 1. The molecule has 3 aromatic heterocycles. The molecule has 32 heavy (non-hydrogen) atoms. The van der Waals surface area contributed by atoms with Crippen LogP contribution in [0.1, 0.15) is 65.6 Å². The molecule has 2 fully saturated rings. The van der Waals surface area contributed by atoms with Gasteiger partial charge in [-0.3, -0.25) is 0 Å². The summed E-state index contributed by atoms with van der Waals surface area (Å²) in [6.45, 7) is -0.752. The Morgan fingerprint density at radius 2 is 2.16 bits per heavy atom. The minimum Gasteiger partial charge on any atom is -0.386 e. The number of pyridine rings is 1. The fraction of sp³-hybridized carbons (Fsp3) is 0.609. The van der Waals surface area contributed by atoms with Crippen molar-refractivity contribution >= 4 is 27.6 Å². The van der Waals surface area contributed by atoms with E-state index in [9.17, 15) is 5.11 Å². The third-order valence-corrected chi connectivity index (χ3v) is 6.86. The van der Waals surface area contributed by atoms with E-state index in [1.165, 1.54) is 6.07 Å².